The molecule has 278 valence electrons. The summed E-state index contributed by atoms with van der Waals surface area (Å²) >= 11 is 0. The van der Waals surface area contributed by atoms with Crippen molar-refractivity contribution in [2.75, 3.05) is 13.2 Å². The molecule has 1 aliphatic heterocycles. The van der Waals surface area contributed by atoms with Crippen LogP contribution in [0.5, 0.6) is 0 Å². The Labute approximate surface area is 291 Å². The maximum absolute atomic E-state index is 12.8. The van der Waals surface area contributed by atoms with E-state index in [1.54, 1.807) is 6.08 Å². The van der Waals surface area contributed by atoms with Gasteiger partial charge in [0.2, 0.25) is 5.91 Å². The van der Waals surface area contributed by atoms with E-state index in [1.807, 2.05) is 6.08 Å². The zero-order valence-electron chi connectivity index (χ0n) is 30.0. The number of ether oxygens (including phenoxy) is 2. The van der Waals surface area contributed by atoms with Gasteiger partial charge in [0.25, 0.3) is 0 Å². The third-order valence-corrected chi connectivity index (χ3v) is 8.60. The lowest BCUT2D eigenvalue weighted by Crippen LogP contribution is -2.60. The number of unbranched alkanes of at least 4 members (excludes halogenated alkanes) is 13. The average Bonchev–Trinajstić information content (AvgIpc) is 3.08. The van der Waals surface area contributed by atoms with Crippen molar-refractivity contribution < 1.29 is 39.8 Å². The lowest BCUT2D eigenvalue weighted by Gasteiger charge is -2.40. The fourth-order valence-electron chi connectivity index (χ4n) is 5.46. The number of carbonyl (C=O) groups is 1. The zero-order valence-corrected chi connectivity index (χ0v) is 30.0. The van der Waals surface area contributed by atoms with Crippen molar-refractivity contribution in [3.05, 3.63) is 48.6 Å². The van der Waals surface area contributed by atoms with Crippen LogP contribution in [0, 0.1) is 0 Å². The standard InChI is InChI=1S/C39H69NO8/c1-3-5-7-9-11-13-15-16-17-19-20-22-24-26-28-33(42)32(31-47-39-38(46)37(45)36(44)34(30-41)48-39)40-35(43)29-27-25-23-21-18-14-12-10-8-6-4-2/h10,12-13,15,19-20,26,28,32-34,36-39,41-42,44-46H,3-9,11,14,16-18,21-25,27,29-31H2,1-2H3,(H,40,43)/b12-10-,15-13+,20-19+,28-26+. The van der Waals surface area contributed by atoms with Gasteiger partial charge in [-0.3, -0.25) is 4.79 Å². The highest BCUT2D eigenvalue weighted by Gasteiger charge is 2.44. The third-order valence-electron chi connectivity index (χ3n) is 8.60. The Morgan fingerprint density at radius 2 is 1.21 bits per heavy atom. The fourth-order valence-corrected chi connectivity index (χ4v) is 5.46. The van der Waals surface area contributed by atoms with Crippen LogP contribution in [-0.2, 0) is 14.3 Å². The van der Waals surface area contributed by atoms with Crippen LogP contribution >= 0.6 is 0 Å². The van der Waals surface area contributed by atoms with Gasteiger partial charge in [-0.05, 0) is 64.2 Å². The number of aliphatic hydroxyl groups excluding tert-OH is 5. The number of aliphatic hydroxyl groups is 5. The highest BCUT2D eigenvalue weighted by atomic mass is 16.7. The Kier molecular flexibility index (Phi) is 27.6. The van der Waals surface area contributed by atoms with E-state index in [0.29, 0.717) is 6.42 Å². The molecule has 0 saturated carbocycles. The molecule has 0 spiro atoms. The molecule has 6 N–H and O–H groups in total. The van der Waals surface area contributed by atoms with Crippen molar-refractivity contribution >= 4 is 5.91 Å². The molecule has 9 nitrogen and oxygen atoms in total. The summed E-state index contributed by atoms with van der Waals surface area (Å²) in [4.78, 5) is 12.8. The second kappa shape index (κ2) is 30.0. The van der Waals surface area contributed by atoms with Crippen molar-refractivity contribution in [3.63, 3.8) is 0 Å². The summed E-state index contributed by atoms with van der Waals surface area (Å²) in [6, 6.07) is -0.829. The van der Waals surface area contributed by atoms with Crippen molar-refractivity contribution in [1.82, 2.24) is 5.32 Å². The molecular formula is C39H69NO8. The van der Waals surface area contributed by atoms with Gasteiger partial charge in [-0.2, -0.15) is 0 Å². The van der Waals surface area contributed by atoms with Crippen molar-refractivity contribution in [2.24, 2.45) is 0 Å². The number of hydrogen-bond donors (Lipinski definition) is 6. The van der Waals surface area contributed by atoms with E-state index in [2.05, 4.69) is 55.6 Å². The Hall–Kier alpha value is -1.85. The first kappa shape index (κ1) is 44.2. The molecule has 1 rings (SSSR count). The van der Waals surface area contributed by atoms with E-state index in [9.17, 15) is 30.3 Å². The van der Waals surface area contributed by atoms with Crippen LogP contribution < -0.4 is 5.32 Å². The van der Waals surface area contributed by atoms with E-state index in [4.69, 9.17) is 9.47 Å². The number of hydrogen-bond acceptors (Lipinski definition) is 8. The normalized spacial score (nSPS) is 23.2. The quantitative estimate of drug-likeness (QED) is 0.0397. The number of rotatable bonds is 29. The molecule has 48 heavy (non-hydrogen) atoms. The summed E-state index contributed by atoms with van der Waals surface area (Å²) in [5.74, 6) is -0.207. The molecule has 0 aromatic rings. The summed E-state index contributed by atoms with van der Waals surface area (Å²) in [5, 5.41) is 53.8. The predicted molar refractivity (Wildman–Crippen MR) is 193 cm³/mol. The largest absolute Gasteiger partial charge is 0.394 e. The van der Waals surface area contributed by atoms with Gasteiger partial charge in [0.15, 0.2) is 6.29 Å². The fraction of sp³-hybridized carbons (Fsp3) is 0.769. The van der Waals surface area contributed by atoms with Crippen LogP contribution in [-0.4, -0.2) is 87.5 Å². The molecule has 1 aliphatic rings. The topological polar surface area (TPSA) is 149 Å². The van der Waals surface area contributed by atoms with Crippen LogP contribution in [0.2, 0.25) is 0 Å². The molecular weight excluding hydrogens is 610 g/mol. The Bertz CT molecular complexity index is 889. The number of nitrogens with one attached hydrogen (secondary N) is 1. The molecule has 7 atom stereocenters. The summed E-state index contributed by atoms with van der Waals surface area (Å²) in [6.45, 7) is 3.64. The van der Waals surface area contributed by atoms with Crippen LogP contribution in [0.25, 0.3) is 0 Å². The number of amides is 1. The van der Waals surface area contributed by atoms with Gasteiger partial charge in [0.1, 0.15) is 24.4 Å². The Morgan fingerprint density at radius 3 is 1.81 bits per heavy atom. The molecule has 0 radical (unpaired) electrons. The SMILES string of the molecule is CCCC/C=C\CCCCCCCC(=O)NC(COC1OC(CO)C(O)C(O)C1O)C(O)/C=C/CC/C=C/CC/C=C/CCCCCC. The molecule has 1 fully saturated rings. The van der Waals surface area contributed by atoms with Gasteiger partial charge in [-0.1, -0.05) is 114 Å². The highest BCUT2D eigenvalue weighted by Crippen LogP contribution is 2.22. The monoisotopic (exact) mass is 680 g/mol. The van der Waals surface area contributed by atoms with Gasteiger partial charge in [-0.25, -0.2) is 0 Å². The van der Waals surface area contributed by atoms with Crippen molar-refractivity contribution in [3.8, 4) is 0 Å². The van der Waals surface area contributed by atoms with Gasteiger partial charge < -0.3 is 40.3 Å². The average molecular weight is 680 g/mol. The minimum atomic E-state index is -1.57. The van der Waals surface area contributed by atoms with Crippen molar-refractivity contribution in [2.45, 2.75) is 179 Å². The van der Waals surface area contributed by atoms with Gasteiger partial charge in [0, 0.05) is 6.42 Å². The van der Waals surface area contributed by atoms with Crippen LogP contribution in [0.3, 0.4) is 0 Å². The first-order valence-electron chi connectivity index (χ1n) is 18.9. The number of carbonyl (C=O) groups excluding carboxylic acids is 1. The molecule has 1 saturated heterocycles. The van der Waals surface area contributed by atoms with Gasteiger partial charge in [0.05, 0.1) is 25.4 Å². The van der Waals surface area contributed by atoms with E-state index in [-0.39, 0.29) is 12.5 Å². The predicted octanol–water partition coefficient (Wildman–Crippen LogP) is 6.33. The molecule has 0 aromatic carbocycles. The van der Waals surface area contributed by atoms with Crippen LogP contribution in [0.1, 0.15) is 136 Å². The summed E-state index contributed by atoms with van der Waals surface area (Å²) < 4.78 is 11.1. The Balaban J connectivity index is 2.53. The van der Waals surface area contributed by atoms with Crippen LogP contribution in [0.15, 0.2) is 48.6 Å². The molecule has 1 heterocycles. The first-order chi connectivity index (χ1) is 23.3. The van der Waals surface area contributed by atoms with Crippen LogP contribution in [0.4, 0.5) is 0 Å². The van der Waals surface area contributed by atoms with E-state index < -0.39 is 49.5 Å². The summed E-state index contributed by atoms with van der Waals surface area (Å²) in [6.07, 6.45) is 28.7. The first-order valence-corrected chi connectivity index (χ1v) is 18.9. The third kappa shape index (κ3) is 21.3. The molecule has 7 unspecified atom stereocenters. The Morgan fingerprint density at radius 1 is 0.688 bits per heavy atom. The lowest BCUT2D eigenvalue weighted by molar-refractivity contribution is -0.302. The maximum Gasteiger partial charge on any atom is 0.220 e. The zero-order chi connectivity index (χ0) is 35.2. The molecule has 0 aliphatic carbocycles. The molecule has 9 heteroatoms. The van der Waals surface area contributed by atoms with Gasteiger partial charge >= 0.3 is 0 Å². The minimum Gasteiger partial charge on any atom is -0.394 e. The summed E-state index contributed by atoms with van der Waals surface area (Å²) in [7, 11) is 0. The molecule has 1 amide bonds. The summed E-state index contributed by atoms with van der Waals surface area (Å²) in [5.41, 5.74) is 0. The molecule has 0 bridgehead atoms. The van der Waals surface area contributed by atoms with E-state index >= 15 is 0 Å². The van der Waals surface area contributed by atoms with E-state index in [0.717, 1.165) is 77.0 Å². The minimum absolute atomic E-state index is 0.207. The highest BCUT2D eigenvalue weighted by molar-refractivity contribution is 5.76. The van der Waals surface area contributed by atoms with Crippen molar-refractivity contribution in [1.29, 1.82) is 0 Å². The smallest absolute Gasteiger partial charge is 0.220 e. The maximum atomic E-state index is 12.8. The van der Waals surface area contributed by atoms with Gasteiger partial charge in [-0.15, -0.1) is 0 Å². The second-order valence-electron chi connectivity index (χ2n) is 13.0. The molecule has 0 aromatic heterocycles. The lowest BCUT2D eigenvalue weighted by atomic mass is 9.99. The second-order valence-corrected chi connectivity index (χ2v) is 13.0. The van der Waals surface area contributed by atoms with E-state index in [1.165, 1.54) is 38.5 Å². The number of allylic oxidation sites excluding steroid dienone is 7.